The van der Waals surface area contributed by atoms with Gasteiger partial charge in [-0.2, -0.15) is 0 Å². The van der Waals surface area contributed by atoms with Crippen molar-refractivity contribution in [2.75, 3.05) is 0 Å². The lowest BCUT2D eigenvalue weighted by molar-refractivity contribution is 0.590. The molecular weight excluding hydrogens is 246 g/mol. The summed E-state index contributed by atoms with van der Waals surface area (Å²) in [7, 11) is -3.66. The Morgan fingerprint density at radius 2 is 1.39 bits per heavy atom. The summed E-state index contributed by atoms with van der Waals surface area (Å²) in [6.45, 7) is 7.15. The molecule has 0 saturated heterocycles. The first-order chi connectivity index (χ1) is 8.66. The molecule has 0 spiro atoms. The van der Waals surface area contributed by atoms with Crippen LogP contribution in [0.2, 0.25) is 0 Å². The van der Waals surface area contributed by atoms with E-state index >= 15 is 0 Å². The molecule has 0 bridgehead atoms. The molecule has 3 nitrogen and oxygen atoms in total. The third-order valence-corrected chi connectivity index (χ3v) is 4.46. The molecular formula is C14H11NO2S. The lowest BCUT2D eigenvalue weighted by Gasteiger charge is -2.07. The van der Waals surface area contributed by atoms with Gasteiger partial charge in [0.25, 0.3) is 9.84 Å². The van der Waals surface area contributed by atoms with E-state index in [-0.39, 0.29) is 4.90 Å². The van der Waals surface area contributed by atoms with Gasteiger partial charge in [-0.1, -0.05) is 48.5 Å². The number of sulfone groups is 1. The fraction of sp³-hybridized carbons (Fsp3) is 0.0714. The largest absolute Gasteiger partial charge is 0.350 e. The average Bonchev–Trinajstić information content (AvgIpc) is 2.41. The smallest absolute Gasteiger partial charge is 0.291 e. The zero-order valence-corrected chi connectivity index (χ0v) is 10.3. The molecule has 0 aromatic heterocycles. The number of rotatable bonds is 3. The molecule has 0 heterocycles. The molecule has 0 saturated carbocycles. The molecule has 2 rings (SSSR count). The van der Waals surface area contributed by atoms with Gasteiger partial charge in [0.15, 0.2) is 0 Å². The van der Waals surface area contributed by atoms with Crippen LogP contribution in [0.3, 0.4) is 0 Å². The normalized spacial score (nSPS) is 12.6. The molecule has 0 fully saturated rings. The minimum atomic E-state index is -3.66. The van der Waals surface area contributed by atoms with Gasteiger partial charge in [0.1, 0.15) is 0 Å². The van der Waals surface area contributed by atoms with Crippen LogP contribution in [0.5, 0.6) is 0 Å². The summed E-state index contributed by atoms with van der Waals surface area (Å²) in [6.07, 6.45) is 0. The lowest BCUT2D eigenvalue weighted by Crippen LogP contribution is -2.10. The first-order valence-corrected chi connectivity index (χ1v) is 6.91. The van der Waals surface area contributed by atoms with E-state index in [0.717, 1.165) is 0 Å². The Balaban J connectivity index is 2.50. The van der Waals surface area contributed by atoms with Gasteiger partial charge in [0.05, 0.1) is 10.5 Å². The zero-order valence-electron chi connectivity index (χ0n) is 9.52. The molecule has 0 radical (unpaired) electrons. The van der Waals surface area contributed by atoms with Crippen LogP contribution in [0.1, 0.15) is 10.9 Å². The van der Waals surface area contributed by atoms with Crippen LogP contribution in [0.4, 0.5) is 0 Å². The standard InChI is InChI=1S/C14H11NO2S/c1-15-14(12-8-4-2-5-9-12)18(16,17)13-10-6-3-7-11-13/h2-11,14H. The van der Waals surface area contributed by atoms with Gasteiger partial charge >= 0.3 is 5.37 Å². The van der Waals surface area contributed by atoms with E-state index in [0.29, 0.717) is 5.56 Å². The number of nitrogens with zero attached hydrogens (tertiary/aromatic N) is 1. The molecule has 0 aliphatic rings. The minimum Gasteiger partial charge on any atom is -0.291 e. The summed E-state index contributed by atoms with van der Waals surface area (Å²) in [6, 6.07) is 16.6. The van der Waals surface area contributed by atoms with Crippen molar-refractivity contribution < 1.29 is 8.42 Å². The quantitative estimate of drug-likeness (QED) is 0.792. The SMILES string of the molecule is [C-]#[N+]C(c1ccccc1)S(=O)(=O)c1ccccc1. The van der Waals surface area contributed by atoms with Gasteiger partial charge in [-0.3, -0.25) is 4.85 Å². The van der Waals surface area contributed by atoms with Crippen molar-refractivity contribution in [3.8, 4) is 0 Å². The predicted octanol–water partition coefficient (Wildman–Crippen LogP) is 3.08. The summed E-state index contributed by atoms with van der Waals surface area (Å²) in [5.74, 6) is 0. The van der Waals surface area contributed by atoms with Gasteiger partial charge in [-0.05, 0) is 12.1 Å². The number of benzene rings is 2. The molecule has 1 atom stereocenters. The second kappa shape index (κ2) is 5.03. The second-order valence-electron chi connectivity index (χ2n) is 3.75. The monoisotopic (exact) mass is 257 g/mol. The third kappa shape index (κ3) is 2.27. The predicted molar refractivity (Wildman–Crippen MR) is 69.4 cm³/mol. The van der Waals surface area contributed by atoms with E-state index in [9.17, 15) is 8.42 Å². The van der Waals surface area contributed by atoms with Crippen LogP contribution in [0.25, 0.3) is 4.85 Å². The van der Waals surface area contributed by atoms with Gasteiger partial charge in [-0.25, -0.2) is 15.0 Å². The summed E-state index contributed by atoms with van der Waals surface area (Å²) in [4.78, 5) is 3.44. The maximum atomic E-state index is 12.4. The third-order valence-electron chi connectivity index (χ3n) is 2.57. The lowest BCUT2D eigenvalue weighted by atomic mass is 10.2. The van der Waals surface area contributed by atoms with Crippen LogP contribution in [-0.4, -0.2) is 8.42 Å². The van der Waals surface area contributed by atoms with Crippen molar-refractivity contribution in [3.05, 3.63) is 77.6 Å². The van der Waals surface area contributed by atoms with E-state index in [2.05, 4.69) is 4.85 Å². The Morgan fingerprint density at radius 3 is 1.89 bits per heavy atom. The minimum absolute atomic E-state index is 0.176. The Morgan fingerprint density at radius 1 is 0.889 bits per heavy atom. The van der Waals surface area contributed by atoms with E-state index in [1.54, 1.807) is 48.5 Å². The molecule has 0 aliphatic carbocycles. The summed E-state index contributed by atoms with van der Waals surface area (Å²) in [5, 5.41) is -1.18. The molecule has 2 aromatic carbocycles. The van der Waals surface area contributed by atoms with E-state index in [1.165, 1.54) is 12.1 Å². The molecule has 0 amide bonds. The van der Waals surface area contributed by atoms with Crippen molar-refractivity contribution in [2.24, 2.45) is 0 Å². The van der Waals surface area contributed by atoms with E-state index in [4.69, 9.17) is 6.57 Å². The van der Waals surface area contributed by atoms with Crippen molar-refractivity contribution in [1.82, 2.24) is 0 Å². The number of hydrogen-bond donors (Lipinski definition) is 0. The summed E-state index contributed by atoms with van der Waals surface area (Å²) < 4.78 is 24.7. The van der Waals surface area contributed by atoms with Gasteiger partial charge in [0, 0.05) is 0 Å². The Kier molecular flexibility index (Phi) is 3.45. The van der Waals surface area contributed by atoms with E-state index in [1.807, 2.05) is 0 Å². The second-order valence-corrected chi connectivity index (χ2v) is 5.76. The zero-order chi connectivity index (χ0) is 13.0. The van der Waals surface area contributed by atoms with Crippen LogP contribution in [0, 0.1) is 6.57 Å². The molecule has 18 heavy (non-hydrogen) atoms. The van der Waals surface area contributed by atoms with Gasteiger partial charge < -0.3 is 0 Å². The van der Waals surface area contributed by atoms with E-state index < -0.39 is 15.2 Å². The molecule has 2 aromatic rings. The summed E-state index contributed by atoms with van der Waals surface area (Å²) >= 11 is 0. The molecule has 0 N–H and O–H groups in total. The highest BCUT2D eigenvalue weighted by Gasteiger charge is 2.33. The topological polar surface area (TPSA) is 38.5 Å². The molecule has 4 heteroatoms. The van der Waals surface area contributed by atoms with Crippen LogP contribution >= 0.6 is 0 Å². The van der Waals surface area contributed by atoms with Crippen LogP contribution in [0.15, 0.2) is 65.6 Å². The average molecular weight is 257 g/mol. The fourth-order valence-electron chi connectivity index (χ4n) is 1.68. The molecule has 90 valence electrons. The highest BCUT2D eigenvalue weighted by atomic mass is 32.2. The maximum Gasteiger partial charge on any atom is 0.350 e. The van der Waals surface area contributed by atoms with Gasteiger partial charge in [0.2, 0.25) is 0 Å². The van der Waals surface area contributed by atoms with Crippen LogP contribution < -0.4 is 0 Å². The maximum absolute atomic E-state index is 12.4. The van der Waals surface area contributed by atoms with Crippen molar-refractivity contribution in [2.45, 2.75) is 10.3 Å². The van der Waals surface area contributed by atoms with Crippen LogP contribution in [-0.2, 0) is 9.84 Å². The summed E-state index contributed by atoms with van der Waals surface area (Å²) in [5.41, 5.74) is 0.497. The first kappa shape index (κ1) is 12.3. The fourth-order valence-corrected chi connectivity index (χ4v) is 3.13. The molecule has 1 unspecified atom stereocenters. The highest BCUT2D eigenvalue weighted by molar-refractivity contribution is 7.91. The van der Waals surface area contributed by atoms with Crippen molar-refractivity contribution in [1.29, 1.82) is 0 Å². The highest BCUT2D eigenvalue weighted by Crippen LogP contribution is 2.29. The Labute approximate surface area is 106 Å². The van der Waals surface area contributed by atoms with Crippen molar-refractivity contribution >= 4 is 9.84 Å². The van der Waals surface area contributed by atoms with Gasteiger partial charge in [-0.15, -0.1) is 0 Å². The first-order valence-electron chi connectivity index (χ1n) is 5.37. The number of hydrogen-bond acceptors (Lipinski definition) is 2. The Bertz CT molecular complexity index is 658. The molecule has 0 aliphatic heterocycles. The Hall–Kier alpha value is -2.12. The van der Waals surface area contributed by atoms with Crippen molar-refractivity contribution in [3.63, 3.8) is 0 Å².